The highest BCUT2D eigenvalue weighted by molar-refractivity contribution is 5.90. The van der Waals surface area contributed by atoms with E-state index in [0.717, 1.165) is 5.56 Å². The quantitative estimate of drug-likeness (QED) is 0.466. The van der Waals surface area contributed by atoms with Gasteiger partial charge in [-0.05, 0) is 71.1 Å². The summed E-state index contributed by atoms with van der Waals surface area (Å²) in [6.45, 7) is 13.7. The average Bonchev–Trinajstić information content (AvgIpc) is 2.79. The molecule has 0 heterocycles. The minimum atomic E-state index is -0.270. The molecule has 0 aromatic heterocycles. The third-order valence-electron chi connectivity index (χ3n) is 5.62. The van der Waals surface area contributed by atoms with Crippen LogP contribution in [0.4, 0.5) is 0 Å². The largest absolute Gasteiger partial charge is 0.462 e. The number of carbonyl (C=O) groups is 1. The van der Waals surface area contributed by atoms with Gasteiger partial charge in [0.2, 0.25) is 0 Å². The van der Waals surface area contributed by atoms with Crippen LogP contribution in [0, 0.1) is 0 Å². The van der Waals surface area contributed by atoms with Gasteiger partial charge in [0.05, 0.1) is 12.2 Å². The van der Waals surface area contributed by atoms with Crippen LogP contribution in [0.3, 0.4) is 0 Å². The van der Waals surface area contributed by atoms with Gasteiger partial charge in [-0.15, -0.1) is 0 Å². The monoisotopic (exact) mass is 362 g/mol. The second-order valence-corrected chi connectivity index (χ2v) is 8.87. The molecule has 0 bridgehead atoms. The van der Waals surface area contributed by atoms with Gasteiger partial charge < -0.3 is 4.74 Å². The molecule has 2 aromatic rings. The predicted molar refractivity (Wildman–Crippen MR) is 113 cm³/mol. The summed E-state index contributed by atoms with van der Waals surface area (Å²) in [6, 6.07) is 14.5. The normalized spacial score (nSPS) is 17.5. The van der Waals surface area contributed by atoms with Crippen LogP contribution in [-0.2, 0) is 15.6 Å². The summed E-state index contributed by atoms with van der Waals surface area (Å²) in [7, 11) is 0. The molecule has 0 radical (unpaired) electrons. The van der Waals surface area contributed by atoms with Crippen molar-refractivity contribution in [1.82, 2.24) is 0 Å². The highest BCUT2D eigenvalue weighted by atomic mass is 16.5. The number of rotatable bonds is 4. The summed E-state index contributed by atoms with van der Waals surface area (Å²) < 4.78 is 5.04. The Morgan fingerprint density at radius 3 is 2.19 bits per heavy atom. The van der Waals surface area contributed by atoms with Crippen molar-refractivity contribution in [3.63, 3.8) is 0 Å². The van der Waals surface area contributed by atoms with Crippen molar-refractivity contribution >= 4 is 17.6 Å². The Hall–Kier alpha value is -2.35. The lowest BCUT2D eigenvalue weighted by molar-refractivity contribution is 0.0526. The summed E-state index contributed by atoms with van der Waals surface area (Å²) in [5, 5.41) is 0. The third kappa shape index (κ3) is 3.85. The first-order chi connectivity index (χ1) is 12.6. The Labute approximate surface area is 163 Å². The zero-order valence-corrected chi connectivity index (χ0v) is 17.3. The van der Waals surface area contributed by atoms with Crippen LogP contribution in [0.15, 0.2) is 42.5 Å². The van der Waals surface area contributed by atoms with Crippen LogP contribution in [-0.4, -0.2) is 12.6 Å². The standard InChI is InChI=1S/C25H30O2/c1-7-27-23(26)19-10-8-18(9-11-19)14-17(2)20-12-13-21-22(15-20)25(5,6)16-24(21,3)4/h8-15H,7,16H2,1-6H3/b17-14+. The fourth-order valence-electron chi connectivity index (χ4n) is 4.50. The smallest absolute Gasteiger partial charge is 0.338 e. The van der Waals surface area contributed by atoms with Gasteiger partial charge in [-0.2, -0.15) is 0 Å². The molecule has 0 N–H and O–H groups in total. The molecular weight excluding hydrogens is 332 g/mol. The van der Waals surface area contributed by atoms with Gasteiger partial charge in [-0.1, -0.05) is 64.1 Å². The van der Waals surface area contributed by atoms with Crippen LogP contribution in [0.25, 0.3) is 11.6 Å². The van der Waals surface area contributed by atoms with Crippen LogP contribution < -0.4 is 0 Å². The summed E-state index contributed by atoms with van der Waals surface area (Å²) >= 11 is 0. The SMILES string of the molecule is CCOC(=O)c1ccc(/C=C(\C)c2ccc3c(c2)C(C)(C)CC3(C)C)cc1. The molecule has 2 heteroatoms. The summed E-state index contributed by atoms with van der Waals surface area (Å²) in [5.41, 5.74) is 7.54. The molecule has 142 valence electrons. The molecule has 3 rings (SSSR count). The Kier molecular flexibility index (Phi) is 5.03. The van der Waals surface area contributed by atoms with Gasteiger partial charge in [-0.3, -0.25) is 0 Å². The topological polar surface area (TPSA) is 26.3 Å². The highest BCUT2D eigenvalue weighted by Crippen LogP contribution is 2.49. The second kappa shape index (κ2) is 6.99. The zero-order chi connectivity index (χ0) is 19.8. The maximum Gasteiger partial charge on any atom is 0.338 e. The van der Waals surface area contributed by atoms with Crippen molar-refractivity contribution in [2.75, 3.05) is 6.61 Å². The Balaban J connectivity index is 1.88. The first-order valence-electron chi connectivity index (χ1n) is 9.75. The zero-order valence-electron chi connectivity index (χ0n) is 17.3. The molecule has 2 nitrogen and oxygen atoms in total. The molecule has 0 unspecified atom stereocenters. The average molecular weight is 363 g/mol. The van der Waals surface area contributed by atoms with Gasteiger partial charge in [0.1, 0.15) is 0 Å². The number of hydrogen-bond donors (Lipinski definition) is 0. The van der Waals surface area contributed by atoms with E-state index >= 15 is 0 Å². The van der Waals surface area contributed by atoms with Crippen molar-refractivity contribution in [1.29, 1.82) is 0 Å². The van der Waals surface area contributed by atoms with E-state index in [1.807, 2.05) is 31.2 Å². The molecule has 0 saturated heterocycles. The molecule has 2 aromatic carbocycles. The number of ether oxygens (including phenoxy) is 1. The molecule has 0 fully saturated rings. The molecule has 27 heavy (non-hydrogen) atoms. The lowest BCUT2D eigenvalue weighted by Crippen LogP contribution is -2.17. The Morgan fingerprint density at radius 1 is 0.963 bits per heavy atom. The first-order valence-corrected chi connectivity index (χ1v) is 9.75. The summed E-state index contributed by atoms with van der Waals surface area (Å²) in [6.07, 6.45) is 3.35. The van der Waals surface area contributed by atoms with Crippen molar-refractivity contribution in [3.05, 3.63) is 70.3 Å². The Bertz CT molecular complexity index is 883. The number of allylic oxidation sites excluding steroid dienone is 1. The van der Waals surface area contributed by atoms with Crippen LogP contribution in [0.1, 0.15) is 80.6 Å². The second-order valence-electron chi connectivity index (χ2n) is 8.87. The molecule has 0 spiro atoms. The van der Waals surface area contributed by atoms with Crippen molar-refractivity contribution in [2.45, 2.75) is 58.8 Å². The van der Waals surface area contributed by atoms with Gasteiger partial charge >= 0.3 is 5.97 Å². The number of carbonyl (C=O) groups excluding carboxylic acids is 1. The fraction of sp³-hybridized carbons (Fsp3) is 0.400. The van der Waals surface area contributed by atoms with E-state index in [2.05, 4.69) is 58.9 Å². The van der Waals surface area contributed by atoms with Crippen molar-refractivity contribution in [2.24, 2.45) is 0 Å². The van der Waals surface area contributed by atoms with Gasteiger partial charge in [0, 0.05) is 0 Å². The van der Waals surface area contributed by atoms with E-state index in [4.69, 9.17) is 4.74 Å². The maximum atomic E-state index is 11.8. The van der Waals surface area contributed by atoms with Gasteiger partial charge in [-0.25, -0.2) is 4.79 Å². The molecule has 1 aliphatic rings. The first kappa shape index (κ1) is 19.4. The van der Waals surface area contributed by atoms with Gasteiger partial charge in [0.25, 0.3) is 0 Å². The van der Waals surface area contributed by atoms with E-state index in [1.165, 1.54) is 28.7 Å². The molecular formula is C25H30O2. The summed E-state index contributed by atoms with van der Waals surface area (Å²) in [5.74, 6) is -0.270. The number of esters is 1. The van der Waals surface area contributed by atoms with Gasteiger partial charge in [0.15, 0.2) is 0 Å². The van der Waals surface area contributed by atoms with E-state index in [9.17, 15) is 4.79 Å². The molecule has 0 amide bonds. The molecule has 0 aliphatic heterocycles. The molecule has 1 aliphatic carbocycles. The lowest BCUT2D eigenvalue weighted by Gasteiger charge is -2.22. The van der Waals surface area contributed by atoms with E-state index < -0.39 is 0 Å². The number of fused-ring (bicyclic) bond motifs is 1. The minimum absolute atomic E-state index is 0.205. The maximum absolute atomic E-state index is 11.8. The minimum Gasteiger partial charge on any atom is -0.462 e. The molecule has 0 saturated carbocycles. The lowest BCUT2D eigenvalue weighted by atomic mass is 9.82. The van der Waals surface area contributed by atoms with E-state index in [-0.39, 0.29) is 16.8 Å². The number of hydrogen-bond acceptors (Lipinski definition) is 2. The van der Waals surface area contributed by atoms with Crippen LogP contribution >= 0.6 is 0 Å². The Morgan fingerprint density at radius 2 is 1.56 bits per heavy atom. The highest BCUT2D eigenvalue weighted by Gasteiger charge is 2.41. The van der Waals surface area contributed by atoms with E-state index in [1.54, 1.807) is 0 Å². The molecule has 0 atom stereocenters. The number of benzene rings is 2. The van der Waals surface area contributed by atoms with Crippen molar-refractivity contribution in [3.8, 4) is 0 Å². The predicted octanol–water partition coefficient (Wildman–Crippen LogP) is 6.38. The fourth-order valence-corrected chi connectivity index (χ4v) is 4.50. The van der Waals surface area contributed by atoms with Crippen LogP contribution in [0.2, 0.25) is 0 Å². The third-order valence-corrected chi connectivity index (χ3v) is 5.62. The summed E-state index contributed by atoms with van der Waals surface area (Å²) in [4.78, 5) is 11.8. The van der Waals surface area contributed by atoms with Crippen molar-refractivity contribution < 1.29 is 9.53 Å². The van der Waals surface area contributed by atoms with Crippen LogP contribution in [0.5, 0.6) is 0 Å². The van der Waals surface area contributed by atoms with E-state index in [0.29, 0.717) is 12.2 Å².